The molecule has 0 saturated heterocycles. The van der Waals surface area contributed by atoms with Gasteiger partial charge in [-0.3, -0.25) is 0 Å². The summed E-state index contributed by atoms with van der Waals surface area (Å²) in [5.41, 5.74) is 1.98. The number of hydrogen-bond acceptors (Lipinski definition) is 5. The second-order valence-corrected chi connectivity index (χ2v) is 4.70. The van der Waals surface area contributed by atoms with Crippen molar-refractivity contribution in [2.75, 3.05) is 12.4 Å². The van der Waals surface area contributed by atoms with Crippen LogP contribution in [0.2, 0.25) is 0 Å². The topological polar surface area (TPSA) is 50.7 Å². The molecule has 0 spiro atoms. The molecule has 0 radical (unpaired) electrons. The van der Waals surface area contributed by atoms with Crippen molar-refractivity contribution in [3.05, 3.63) is 35.8 Å². The summed E-state index contributed by atoms with van der Waals surface area (Å²) in [6, 6.07) is 5.90. The zero-order valence-electron chi connectivity index (χ0n) is 10.1. The molecular formula is C12H14N4S. The number of aryl methyl sites for hydroxylation is 2. The Morgan fingerprint density at radius 1 is 1.12 bits per heavy atom. The second-order valence-electron chi connectivity index (χ2n) is 3.66. The molecule has 2 aromatic heterocycles. The van der Waals surface area contributed by atoms with Gasteiger partial charge < -0.3 is 5.32 Å². The van der Waals surface area contributed by atoms with Gasteiger partial charge in [-0.05, 0) is 43.8 Å². The van der Waals surface area contributed by atoms with Crippen LogP contribution in [0.3, 0.4) is 0 Å². The summed E-state index contributed by atoms with van der Waals surface area (Å²) in [5, 5.41) is 3.78. The van der Waals surface area contributed by atoms with Crippen molar-refractivity contribution < 1.29 is 0 Å². The smallest absolute Gasteiger partial charge is 0.192 e. The number of aromatic nitrogens is 3. The lowest BCUT2D eigenvalue weighted by Gasteiger charge is -2.04. The van der Waals surface area contributed by atoms with E-state index in [0.717, 1.165) is 27.3 Å². The predicted molar refractivity (Wildman–Crippen MR) is 69.4 cm³/mol. The summed E-state index contributed by atoms with van der Waals surface area (Å²) < 4.78 is 0. The Balaban J connectivity index is 2.24. The van der Waals surface area contributed by atoms with E-state index in [2.05, 4.69) is 20.3 Å². The Morgan fingerprint density at radius 2 is 1.82 bits per heavy atom. The Labute approximate surface area is 105 Å². The quantitative estimate of drug-likeness (QED) is 0.844. The number of anilines is 1. The predicted octanol–water partition coefficient (Wildman–Crippen LogP) is 2.68. The molecule has 0 atom stereocenters. The molecule has 4 nitrogen and oxygen atoms in total. The molecule has 0 saturated carbocycles. The first kappa shape index (κ1) is 11.9. The summed E-state index contributed by atoms with van der Waals surface area (Å²) in [6.07, 6.45) is 1.77. The fraction of sp³-hybridized carbons (Fsp3) is 0.250. The molecular weight excluding hydrogens is 232 g/mol. The first-order valence-electron chi connectivity index (χ1n) is 5.31. The molecule has 0 unspecified atom stereocenters. The molecule has 0 aliphatic carbocycles. The molecule has 17 heavy (non-hydrogen) atoms. The van der Waals surface area contributed by atoms with Gasteiger partial charge in [-0.1, -0.05) is 0 Å². The van der Waals surface area contributed by atoms with Crippen molar-refractivity contribution in [2.24, 2.45) is 0 Å². The van der Waals surface area contributed by atoms with Gasteiger partial charge >= 0.3 is 0 Å². The minimum Gasteiger partial charge on any atom is -0.373 e. The van der Waals surface area contributed by atoms with Crippen LogP contribution in [-0.4, -0.2) is 22.0 Å². The second kappa shape index (κ2) is 5.14. The van der Waals surface area contributed by atoms with Gasteiger partial charge in [0.25, 0.3) is 0 Å². The third kappa shape index (κ3) is 3.17. The monoisotopic (exact) mass is 246 g/mol. The van der Waals surface area contributed by atoms with E-state index in [1.54, 1.807) is 18.0 Å². The summed E-state index contributed by atoms with van der Waals surface area (Å²) in [5.74, 6) is 0.847. The van der Waals surface area contributed by atoms with Gasteiger partial charge in [0.15, 0.2) is 5.16 Å². The van der Waals surface area contributed by atoms with E-state index in [0.29, 0.717) is 0 Å². The van der Waals surface area contributed by atoms with E-state index in [1.807, 2.05) is 39.1 Å². The van der Waals surface area contributed by atoms with Crippen molar-refractivity contribution in [3.63, 3.8) is 0 Å². The van der Waals surface area contributed by atoms with Crippen LogP contribution in [0.1, 0.15) is 11.4 Å². The van der Waals surface area contributed by atoms with Crippen molar-refractivity contribution >= 4 is 17.6 Å². The number of rotatable bonds is 3. The molecule has 1 N–H and O–H groups in total. The third-order valence-corrected chi connectivity index (χ3v) is 3.01. The van der Waals surface area contributed by atoms with Crippen LogP contribution >= 0.6 is 11.8 Å². The van der Waals surface area contributed by atoms with Crippen LogP contribution in [-0.2, 0) is 0 Å². The first-order valence-corrected chi connectivity index (χ1v) is 6.13. The van der Waals surface area contributed by atoms with Crippen LogP contribution in [0, 0.1) is 13.8 Å². The normalized spacial score (nSPS) is 10.3. The molecule has 0 bridgehead atoms. The van der Waals surface area contributed by atoms with Gasteiger partial charge in [0.2, 0.25) is 0 Å². The number of nitrogens with one attached hydrogen (secondary N) is 1. The van der Waals surface area contributed by atoms with E-state index in [9.17, 15) is 0 Å². The summed E-state index contributed by atoms with van der Waals surface area (Å²) in [7, 11) is 1.85. The van der Waals surface area contributed by atoms with Crippen LogP contribution in [0.15, 0.2) is 34.4 Å². The maximum atomic E-state index is 4.40. The van der Waals surface area contributed by atoms with Crippen molar-refractivity contribution in [2.45, 2.75) is 23.9 Å². The van der Waals surface area contributed by atoms with Gasteiger partial charge in [0, 0.05) is 29.5 Å². The third-order valence-electron chi connectivity index (χ3n) is 2.16. The van der Waals surface area contributed by atoms with Crippen LogP contribution in [0.25, 0.3) is 0 Å². The molecule has 0 amide bonds. The highest BCUT2D eigenvalue weighted by Gasteiger charge is 2.03. The van der Waals surface area contributed by atoms with Crippen LogP contribution in [0.4, 0.5) is 5.82 Å². The Hall–Kier alpha value is -1.62. The lowest BCUT2D eigenvalue weighted by atomic mass is 10.4. The van der Waals surface area contributed by atoms with Gasteiger partial charge in [-0.2, -0.15) is 0 Å². The van der Waals surface area contributed by atoms with E-state index in [1.165, 1.54) is 0 Å². The molecule has 0 aliphatic rings. The van der Waals surface area contributed by atoms with E-state index in [-0.39, 0.29) is 0 Å². The van der Waals surface area contributed by atoms with Crippen LogP contribution in [0.5, 0.6) is 0 Å². The van der Waals surface area contributed by atoms with Crippen LogP contribution < -0.4 is 5.32 Å². The summed E-state index contributed by atoms with van der Waals surface area (Å²) in [4.78, 5) is 14.0. The average Bonchev–Trinajstić information content (AvgIpc) is 2.28. The Morgan fingerprint density at radius 3 is 2.47 bits per heavy atom. The fourth-order valence-corrected chi connectivity index (χ4v) is 2.35. The highest BCUT2D eigenvalue weighted by molar-refractivity contribution is 7.99. The Bertz CT molecular complexity index is 507. The van der Waals surface area contributed by atoms with E-state index >= 15 is 0 Å². The standard InChI is InChI=1S/C12H14N4S/c1-8-6-9(2)16-12(15-8)17-10-4-5-14-11(7-10)13-3/h4-7H,1-3H3,(H,13,14). The molecule has 0 aliphatic heterocycles. The molecule has 2 rings (SSSR count). The maximum absolute atomic E-state index is 4.40. The zero-order valence-corrected chi connectivity index (χ0v) is 10.9. The summed E-state index contributed by atoms with van der Waals surface area (Å²) >= 11 is 1.54. The lowest BCUT2D eigenvalue weighted by Crippen LogP contribution is -1.94. The fourth-order valence-electron chi connectivity index (χ4n) is 1.46. The average molecular weight is 246 g/mol. The van der Waals surface area contributed by atoms with Gasteiger partial charge in [0.05, 0.1) is 0 Å². The maximum Gasteiger partial charge on any atom is 0.192 e. The minimum atomic E-state index is 0.774. The Kier molecular flexibility index (Phi) is 3.58. The van der Waals surface area contributed by atoms with E-state index in [4.69, 9.17) is 0 Å². The lowest BCUT2D eigenvalue weighted by molar-refractivity contribution is 0.902. The SMILES string of the molecule is CNc1cc(Sc2nc(C)cc(C)n2)ccn1. The van der Waals surface area contributed by atoms with Gasteiger partial charge in [-0.15, -0.1) is 0 Å². The zero-order chi connectivity index (χ0) is 12.3. The molecule has 5 heteroatoms. The molecule has 0 aromatic carbocycles. The van der Waals surface area contributed by atoms with Gasteiger partial charge in [-0.25, -0.2) is 15.0 Å². The van der Waals surface area contributed by atoms with Crippen molar-refractivity contribution in [1.82, 2.24) is 15.0 Å². The minimum absolute atomic E-state index is 0.774. The number of hydrogen-bond donors (Lipinski definition) is 1. The number of nitrogens with zero attached hydrogens (tertiary/aromatic N) is 3. The summed E-state index contributed by atoms with van der Waals surface area (Å²) in [6.45, 7) is 3.95. The van der Waals surface area contributed by atoms with Crippen molar-refractivity contribution in [1.29, 1.82) is 0 Å². The highest BCUT2D eigenvalue weighted by atomic mass is 32.2. The molecule has 88 valence electrons. The van der Waals surface area contributed by atoms with Crippen molar-refractivity contribution in [3.8, 4) is 0 Å². The van der Waals surface area contributed by atoms with Gasteiger partial charge in [0.1, 0.15) is 5.82 Å². The highest BCUT2D eigenvalue weighted by Crippen LogP contribution is 2.25. The molecule has 2 heterocycles. The van der Waals surface area contributed by atoms with E-state index < -0.39 is 0 Å². The molecule has 0 fully saturated rings. The molecule has 2 aromatic rings. The largest absolute Gasteiger partial charge is 0.373 e. The first-order chi connectivity index (χ1) is 8.17. The number of pyridine rings is 1.